The highest BCUT2D eigenvalue weighted by Gasteiger charge is 2.01. The zero-order chi connectivity index (χ0) is 8.39. The summed E-state index contributed by atoms with van der Waals surface area (Å²) in [5.74, 6) is 0. The molecule has 1 aromatic rings. The van der Waals surface area contributed by atoms with Crippen LogP contribution >= 0.6 is 11.6 Å². The summed E-state index contributed by atoms with van der Waals surface area (Å²) in [6.07, 6.45) is 7.43. The third-order valence-corrected chi connectivity index (χ3v) is 2.24. The van der Waals surface area contributed by atoms with Crippen molar-refractivity contribution < 1.29 is 0 Å². The van der Waals surface area contributed by atoms with Crippen molar-refractivity contribution in [3.63, 3.8) is 0 Å². The monoisotopic (exact) mass is 176 g/mol. The molecule has 0 aromatic heterocycles. The summed E-state index contributed by atoms with van der Waals surface area (Å²) in [6, 6.07) is 7.97. The summed E-state index contributed by atoms with van der Waals surface area (Å²) in [6.45, 7) is 0. The van der Waals surface area contributed by atoms with Crippen LogP contribution in [0.4, 0.5) is 0 Å². The van der Waals surface area contributed by atoms with Crippen molar-refractivity contribution in [1.82, 2.24) is 0 Å². The molecule has 60 valence electrons. The minimum absolute atomic E-state index is 0.797. The number of benzene rings is 1. The lowest BCUT2D eigenvalue weighted by Gasteiger charge is -2.00. The molecule has 0 nitrogen and oxygen atoms in total. The van der Waals surface area contributed by atoms with E-state index in [0.717, 1.165) is 11.4 Å². The molecule has 2 rings (SSSR count). The van der Waals surface area contributed by atoms with Gasteiger partial charge in [-0.15, -0.1) is 0 Å². The first-order valence-electron chi connectivity index (χ1n) is 3.98. The van der Waals surface area contributed by atoms with Gasteiger partial charge in [0.05, 0.1) is 0 Å². The molecule has 0 saturated heterocycles. The van der Waals surface area contributed by atoms with E-state index in [-0.39, 0.29) is 0 Å². The summed E-state index contributed by atoms with van der Waals surface area (Å²) in [7, 11) is 0. The highest BCUT2D eigenvalue weighted by atomic mass is 35.5. The van der Waals surface area contributed by atoms with Gasteiger partial charge < -0.3 is 0 Å². The van der Waals surface area contributed by atoms with Gasteiger partial charge in [0, 0.05) is 5.02 Å². The number of hydrogen-bond acceptors (Lipinski definition) is 0. The fourth-order valence-electron chi connectivity index (χ4n) is 1.33. The predicted octanol–water partition coefficient (Wildman–Crippen LogP) is 3.68. The molecule has 0 aliphatic heterocycles. The van der Waals surface area contributed by atoms with E-state index in [9.17, 15) is 0 Å². The molecule has 1 aliphatic carbocycles. The van der Waals surface area contributed by atoms with E-state index in [0.29, 0.717) is 0 Å². The third kappa shape index (κ3) is 1.44. The smallest absolute Gasteiger partial charge is 0.0406 e. The lowest BCUT2D eigenvalue weighted by Crippen LogP contribution is -1.78. The average Bonchev–Trinajstić information content (AvgIpc) is 2.58. The van der Waals surface area contributed by atoms with Crippen LogP contribution in [0.25, 0.3) is 5.57 Å². The Hall–Kier alpha value is -1.01. The Balaban J connectivity index is 2.30. The Kier molecular flexibility index (Phi) is 2.01. The minimum atomic E-state index is 0.797. The second-order valence-corrected chi connectivity index (χ2v) is 3.27. The normalized spacial score (nSPS) is 14.9. The molecule has 0 atom stereocenters. The Morgan fingerprint density at radius 2 is 1.83 bits per heavy atom. The maximum Gasteiger partial charge on any atom is 0.0406 e. The molecule has 0 N–H and O–H groups in total. The van der Waals surface area contributed by atoms with Crippen LogP contribution < -0.4 is 0 Å². The van der Waals surface area contributed by atoms with Crippen LogP contribution in [0, 0.1) is 0 Å². The Morgan fingerprint density at radius 3 is 2.42 bits per heavy atom. The number of allylic oxidation sites excluding steroid dienone is 4. The second-order valence-electron chi connectivity index (χ2n) is 2.83. The van der Waals surface area contributed by atoms with E-state index >= 15 is 0 Å². The lowest BCUT2D eigenvalue weighted by molar-refractivity contribution is 1.43. The van der Waals surface area contributed by atoms with Gasteiger partial charge >= 0.3 is 0 Å². The maximum atomic E-state index is 5.78. The van der Waals surface area contributed by atoms with Crippen LogP contribution in [0.15, 0.2) is 42.5 Å². The molecule has 0 saturated carbocycles. The van der Waals surface area contributed by atoms with Gasteiger partial charge in [0.15, 0.2) is 0 Å². The zero-order valence-electron chi connectivity index (χ0n) is 6.63. The summed E-state index contributed by atoms with van der Waals surface area (Å²) in [5, 5.41) is 0.797. The average molecular weight is 177 g/mol. The molecule has 12 heavy (non-hydrogen) atoms. The number of hydrogen-bond donors (Lipinski definition) is 0. The van der Waals surface area contributed by atoms with Crippen molar-refractivity contribution in [2.24, 2.45) is 0 Å². The topological polar surface area (TPSA) is 0 Å². The van der Waals surface area contributed by atoms with Crippen molar-refractivity contribution in [3.8, 4) is 0 Å². The fourth-order valence-corrected chi connectivity index (χ4v) is 1.45. The lowest BCUT2D eigenvalue weighted by atomic mass is 10.1. The molecule has 0 fully saturated rings. The van der Waals surface area contributed by atoms with Crippen LogP contribution in [-0.4, -0.2) is 0 Å². The number of halogens is 1. The third-order valence-electron chi connectivity index (χ3n) is 1.99. The summed E-state index contributed by atoms with van der Waals surface area (Å²) < 4.78 is 0. The molecule has 0 radical (unpaired) electrons. The van der Waals surface area contributed by atoms with Gasteiger partial charge in [0.25, 0.3) is 0 Å². The molecular formula is C11H9Cl. The van der Waals surface area contributed by atoms with Gasteiger partial charge in [0.2, 0.25) is 0 Å². The highest BCUT2D eigenvalue weighted by Crippen LogP contribution is 2.23. The molecule has 1 heteroatoms. The first-order chi connectivity index (χ1) is 5.86. The van der Waals surface area contributed by atoms with Gasteiger partial charge in [0.1, 0.15) is 0 Å². The van der Waals surface area contributed by atoms with E-state index in [1.807, 2.05) is 12.1 Å². The minimum Gasteiger partial charge on any atom is -0.0843 e. The molecular weight excluding hydrogens is 168 g/mol. The summed E-state index contributed by atoms with van der Waals surface area (Å²) in [5.41, 5.74) is 2.64. The van der Waals surface area contributed by atoms with Crippen molar-refractivity contribution in [3.05, 3.63) is 53.1 Å². The molecule has 0 amide bonds. The predicted molar refractivity (Wildman–Crippen MR) is 53.2 cm³/mol. The van der Waals surface area contributed by atoms with Gasteiger partial charge in [-0.2, -0.15) is 0 Å². The second kappa shape index (κ2) is 3.16. The Bertz CT molecular complexity index is 331. The van der Waals surface area contributed by atoms with Gasteiger partial charge in [-0.25, -0.2) is 0 Å². The van der Waals surface area contributed by atoms with Crippen molar-refractivity contribution in [2.45, 2.75) is 6.42 Å². The largest absolute Gasteiger partial charge is 0.0843 e. The maximum absolute atomic E-state index is 5.78. The summed E-state index contributed by atoms with van der Waals surface area (Å²) >= 11 is 5.78. The SMILES string of the molecule is Clc1ccc(C2=CC=CC2)cc1. The molecule has 0 heterocycles. The molecule has 0 bridgehead atoms. The molecule has 0 unspecified atom stereocenters. The van der Waals surface area contributed by atoms with Crippen LogP contribution in [-0.2, 0) is 0 Å². The van der Waals surface area contributed by atoms with Gasteiger partial charge in [-0.1, -0.05) is 42.0 Å². The van der Waals surface area contributed by atoms with Crippen LogP contribution in [0.2, 0.25) is 5.02 Å². The van der Waals surface area contributed by atoms with Gasteiger partial charge in [-0.3, -0.25) is 0 Å². The quantitative estimate of drug-likeness (QED) is 0.613. The number of rotatable bonds is 1. The standard InChI is InChI=1S/C11H9Cl/c12-11-7-5-10(6-8-11)9-3-1-2-4-9/h1-3,5-8H,4H2. The van der Waals surface area contributed by atoms with Crippen LogP contribution in [0.1, 0.15) is 12.0 Å². The highest BCUT2D eigenvalue weighted by molar-refractivity contribution is 6.30. The van der Waals surface area contributed by atoms with E-state index in [1.165, 1.54) is 11.1 Å². The van der Waals surface area contributed by atoms with Crippen molar-refractivity contribution in [2.75, 3.05) is 0 Å². The Labute approximate surface area is 77.2 Å². The van der Waals surface area contributed by atoms with Crippen LogP contribution in [0.5, 0.6) is 0 Å². The first-order valence-corrected chi connectivity index (χ1v) is 4.36. The Morgan fingerprint density at radius 1 is 1.08 bits per heavy atom. The molecule has 0 spiro atoms. The first kappa shape index (κ1) is 7.63. The van der Waals surface area contributed by atoms with Crippen LogP contribution in [0.3, 0.4) is 0 Å². The van der Waals surface area contributed by atoms with E-state index < -0.39 is 0 Å². The van der Waals surface area contributed by atoms with Gasteiger partial charge in [-0.05, 0) is 29.7 Å². The van der Waals surface area contributed by atoms with E-state index in [1.54, 1.807) is 0 Å². The van der Waals surface area contributed by atoms with E-state index in [4.69, 9.17) is 11.6 Å². The van der Waals surface area contributed by atoms with Crippen molar-refractivity contribution >= 4 is 17.2 Å². The van der Waals surface area contributed by atoms with E-state index in [2.05, 4.69) is 30.4 Å². The molecule has 1 aromatic carbocycles. The van der Waals surface area contributed by atoms with Crippen molar-refractivity contribution in [1.29, 1.82) is 0 Å². The summed E-state index contributed by atoms with van der Waals surface area (Å²) in [4.78, 5) is 0. The zero-order valence-corrected chi connectivity index (χ0v) is 7.38. The molecule has 1 aliphatic rings. The fraction of sp³-hybridized carbons (Fsp3) is 0.0909.